The maximum atomic E-state index is 13.0. The molecule has 3 rings (SSSR count). The minimum absolute atomic E-state index is 0.0577. The second-order valence-electron chi connectivity index (χ2n) is 9.56. The molecule has 1 aromatic heterocycles. The van der Waals surface area contributed by atoms with Gasteiger partial charge in [-0.15, -0.1) is 11.3 Å². The van der Waals surface area contributed by atoms with Crippen molar-refractivity contribution in [2.24, 2.45) is 0 Å². The summed E-state index contributed by atoms with van der Waals surface area (Å²) in [6, 6.07) is 12.6. The molecular weight excluding hydrogens is 527 g/mol. The van der Waals surface area contributed by atoms with E-state index in [1.807, 2.05) is 32.0 Å². The van der Waals surface area contributed by atoms with Crippen LogP contribution in [0.25, 0.3) is 11.1 Å². The van der Waals surface area contributed by atoms with Crippen molar-refractivity contribution in [1.29, 1.82) is 0 Å². The first-order chi connectivity index (χ1) is 18.5. The maximum Gasteiger partial charge on any atom is 0.416 e. The number of halogens is 3. The van der Waals surface area contributed by atoms with Gasteiger partial charge in [0.15, 0.2) is 0 Å². The number of carbonyl (C=O) groups excluding carboxylic acids is 1. The Kier molecular flexibility index (Phi) is 10.6. The summed E-state index contributed by atoms with van der Waals surface area (Å²) in [5.74, 6) is -0.635. The average molecular weight is 562 g/mol. The van der Waals surface area contributed by atoms with Crippen LogP contribution in [-0.2, 0) is 11.0 Å². The zero-order chi connectivity index (χ0) is 28.6. The van der Waals surface area contributed by atoms with E-state index in [-0.39, 0.29) is 25.0 Å². The molecule has 1 atom stereocenters. The number of rotatable bonds is 13. The van der Waals surface area contributed by atoms with Crippen LogP contribution in [0.15, 0.2) is 48.5 Å². The van der Waals surface area contributed by atoms with Crippen LogP contribution in [0.1, 0.15) is 82.8 Å². The molecule has 1 unspecified atom stereocenters. The fraction of sp³-hybridized carbons (Fsp3) is 0.400. The Morgan fingerprint density at radius 2 is 1.67 bits per heavy atom. The molecule has 0 aliphatic rings. The predicted octanol–water partition coefficient (Wildman–Crippen LogP) is 8.35. The monoisotopic (exact) mass is 561 g/mol. The van der Waals surface area contributed by atoms with Crippen molar-refractivity contribution < 1.29 is 32.6 Å². The van der Waals surface area contributed by atoms with Crippen LogP contribution in [0.4, 0.5) is 13.2 Å². The van der Waals surface area contributed by atoms with E-state index in [4.69, 9.17) is 9.84 Å². The molecule has 0 bridgehead atoms. The van der Waals surface area contributed by atoms with Gasteiger partial charge in [-0.3, -0.25) is 9.59 Å². The predicted molar refractivity (Wildman–Crippen MR) is 147 cm³/mol. The number of alkyl halides is 3. The van der Waals surface area contributed by atoms with E-state index in [0.29, 0.717) is 16.2 Å². The number of thiophene rings is 1. The van der Waals surface area contributed by atoms with Gasteiger partial charge < -0.3 is 15.2 Å². The van der Waals surface area contributed by atoms with E-state index in [9.17, 15) is 22.8 Å². The average Bonchev–Trinajstić information content (AvgIpc) is 3.35. The SMILES string of the molecule is CCCCCCC(Oc1cc(C)c(-c2ccc(C(F)(F)F)cc2)c(C)c1)c1ccc(C(=O)NCCC(=O)O)s1. The lowest BCUT2D eigenvalue weighted by atomic mass is 9.94. The third-order valence-electron chi connectivity index (χ3n) is 6.40. The van der Waals surface area contributed by atoms with Crippen molar-refractivity contribution in [3.63, 3.8) is 0 Å². The van der Waals surface area contributed by atoms with Crippen LogP contribution in [0.2, 0.25) is 0 Å². The smallest absolute Gasteiger partial charge is 0.416 e. The van der Waals surface area contributed by atoms with Crippen molar-refractivity contribution in [2.75, 3.05) is 6.54 Å². The van der Waals surface area contributed by atoms with Gasteiger partial charge in [0.2, 0.25) is 0 Å². The quantitative estimate of drug-likeness (QED) is 0.206. The maximum absolute atomic E-state index is 13.0. The van der Waals surface area contributed by atoms with Crippen LogP contribution in [0.3, 0.4) is 0 Å². The molecule has 0 spiro atoms. The van der Waals surface area contributed by atoms with Crippen molar-refractivity contribution >= 4 is 23.2 Å². The highest BCUT2D eigenvalue weighted by Gasteiger charge is 2.30. The Balaban J connectivity index is 1.81. The topological polar surface area (TPSA) is 75.6 Å². The first-order valence-electron chi connectivity index (χ1n) is 13.0. The lowest BCUT2D eigenvalue weighted by Crippen LogP contribution is -2.25. The lowest BCUT2D eigenvalue weighted by Gasteiger charge is -2.20. The summed E-state index contributed by atoms with van der Waals surface area (Å²) < 4.78 is 45.4. The summed E-state index contributed by atoms with van der Waals surface area (Å²) in [6.07, 6.45) is 0.209. The number of hydrogen-bond acceptors (Lipinski definition) is 4. The molecule has 1 amide bonds. The summed E-state index contributed by atoms with van der Waals surface area (Å²) in [5, 5.41) is 11.4. The van der Waals surface area contributed by atoms with Gasteiger partial charge in [-0.05, 0) is 85.3 Å². The Bertz CT molecular complexity index is 1240. The number of nitrogens with one attached hydrogen (secondary N) is 1. The molecule has 0 saturated carbocycles. The van der Waals surface area contributed by atoms with Gasteiger partial charge in [0.05, 0.1) is 16.9 Å². The number of benzene rings is 2. The molecule has 0 fully saturated rings. The van der Waals surface area contributed by atoms with E-state index in [0.717, 1.165) is 65.8 Å². The number of unbranched alkanes of at least 4 members (excludes halogenated alkanes) is 3. The van der Waals surface area contributed by atoms with Gasteiger partial charge in [-0.1, -0.05) is 38.3 Å². The van der Waals surface area contributed by atoms with Crippen LogP contribution in [-0.4, -0.2) is 23.5 Å². The number of aliphatic carboxylic acids is 1. The lowest BCUT2D eigenvalue weighted by molar-refractivity contribution is -0.138. The number of carboxylic acids is 1. The Morgan fingerprint density at radius 3 is 2.26 bits per heavy atom. The van der Waals surface area contributed by atoms with E-state index in [1.165, 1.54) is 23.5 Å². The van der Waals surface area contributed by atoms with E-state index in [1.54, 1.807) is 6.07 Å². The summed E-state index contributed by atoms with van der Waals surface area (Å²) in [5.41, 5.74) is 2.67. The van der Waals surface area contributed by atoms with Gasteiger partial charge in [-0.25, -0.2) is 0 Å². The molecule has 210 valence electrons. The van der Waals surface area contributed by atoms with Crippen LogP contribution >= 0.6 is 11.3 Å². The first-order valence-corrected chi connectivity index (χ1v) is 13.9. The second-order valence-corrected chi connectivity index (χ2v) is 10.7. The molecule has 1 heterocycles. The summed E-state index contributed by atoms with van der Waals surface area (Å²) >= 11 is 1.33. The molecule has 0 aliphatic carbocycles. The van der Waals surface area contributed by atoms with Gasteiger partial charge >= 0.3 is 12.1 Å². The normalized spacial score (nSPS) is 12.3. The van der Waals surface area contributed by atoms with Gasteiger partial charge in [0, 0.05) is 11.4 Å². The Morgan fingerprint density at radius 1 is 1.00 bits per heavy atom. The fourth-order valence-electron chi connectivity index (χ4n) is 4.47. The molecule has 9 heteroatoms. The molecule has 0 aliphatic heterocycles. The molecule has 2 aromatic carbocycles. The van der Waals surface area contributed by atoms with E-state index in [2.05, 4.69) is 12.2 Å². The van der Waals surface area contributed by atoms with Gasteiger partial charge in [0.25, 0.3) is 5.91 Å². The van der Waals surface area contributed by atoms with Crippen molar-refractivity contribution in [2.45, 2.75) is 71.6 Å². The molecule has 0 saturated heterocycles. The van der Waals surface area contributed by atoms with E-state index < -0.39 is 17.7 Å². The highest BCUT2D eigenvalue weighted by molar-refractivity contribution is 7.14. The minimum Gasteiger partial charge on any atom is -0.485 e. The van der Waals surface area contributed by atoms with Crippen LogP contribution in [0.5, 0.6) is 5.75 Å². The number of amides is 1. The number of carboxylic acid groups (broad SMARTS) is 1. The number of ether oxygens (including phenoxy) is 1. The molecule has 39 heavy (non-hydrogen) atoms. The molecule has 5 nitrogen and oxygen atoms in total. The molecule has 0 radical (unpaired) electrons. The van der Waals surface area contributed by atoms with Gasteiger partial charge in [-0.2, -0.15) is 13.2 Å². The van der Waals surface area contributed by atoms with Crippen molar-refractivity contribution in [3.05, 3.63) is 75.0 Å². The summed E-state index contributed by atoms with van der Waals surface area (Å²) in [7, 11) is 0. The molecular formula is C30H34F3NO4S. The number of hydrogen-bond donors (Lipinski definition) is 2. The van der Waals surface area contributed by atoms with E-state index >= 15 is 0 Å². The zero-order valence-corrected chi connectivity index (χ0v) is 23.2. The second kappa shape index (κ2) is 13.6. The number of carbonyl (C=O) groups is 2. The Hall–Kier alpha value is -3.33. The highest BCUT2D eigenvalue weighted by atomic mass is 32.1. The third kappa shape index (κ3) is 8.58. The fourth-order valence-corrected chi connectivity index (χ4v) is 5.46. The highest BCUT2D eigenvalue weighted by Crippen LogP contribution is 2.37. The first kappa shape index (κ1) is 30.2. The zero-order valence-electron chi connectivity index (χ0n) is 22.4. The molecule has 2 N–H and O–H groups in total. The summed E-state index contributed by atoms with van der Waals surface area (Å²) in [4.78, 5) is 24.6. The van der Waals surface area contributed by atoms with Crippen LogP contribution < -0.4 is 10.1 Å². The van der Waals surface area contributed by atoms with Gasteiger partial charge in [0.1, 0.15) is 11.9 Å². The Labute approximate surface area is 231 Å². The molecule has 3 aromatic rings. The minimum atomic E-state index is -4.38. The van der Waals surface area contributed by atoms with Crippen molar-refractivity contribution in [3.8, 4) is 16.9 Å². The number of aryl methyl sites for hydroxylation is 2. The van der Waals surface area contributed by atoms with Crippen molar-refractivity contribution in [1.82, 2.24) is 5.32 Å². The van der Waals surface area contributed by atoms with Crippen LogP contribution in [0, 0.1) is 13.8 Å². The summed E-state index contributed by atoms with van der Waals surface area (Å²) in [6.45, 7) is 6.02. The largest absolute Gasteiger partial charge is 0.485 e. The standard InChI is InChI=1S/C30H34F3NO4S/c1-4-5-6-7-8-24(25-13-14-26(39-25)29(37)34-16-15-27(35)36)38-23-17-19(2)28(20(3)18-23)21-9-11-22(12-10-21)30(31,32)33/h9-14,17-18,24H,4-8,15-16H2,1-3H3,(H,34,37)(H,35,36). The third-order valence-corrected chi connectivity index (χ3v) is 7.57.